The normalized spacial score (nSPS) is 9.53. The van der Waals surface area contributed by atoms with Gasteiger partial charge in [0.15, 0.2) is 0 Å². The maximum Gasteiger partial charge on any atom is 0.227 e. The Balaban J connectivity index is 2.52. The summed E-state index contributed by atoms with van der Waals surface area (Å²) in [6.07, 6.45) is 3.80. The third-order valence-electron chi connectivity index (χ3n) is 2.32. The molecule has 5 heteroatoms. The van der Waals surface area contributed by atoms with Crippen LogP contribution < -0.4 is 5.32 Å². The van der Waals surface area contributed by atoms with E-state index in [-0.39, 0.29) is 0 Å². The van der Waals surface area contributed by atoms with Gasteiger partial charge in [-0.15, -0.1) is 0 Å². The lowest BCUT2D eigenvalue weighted by Crippen LogP contribution is -1.93. The molecule has 0 radical (unpaired) electrons. The summed E-state index contributed by atoms with van der Waals surface area (Å²) in [5, 5.41) is 2.59. The number of aryl methyl sites for hydroxylation is 1. The maximum atomic E-state index is 10.4. The minimum atomic E-state index is 0.427. The maximum absolute atomic E-state index is 10.4. The van der Waals surface area contributed by atoms with E-state index in [1.165, 1.54) is 6.26 Å². The Hall–Kier alpha value is -2.69. The number of hydrogen-bond acceptors (Lipinski definition) is 4. The van der Waals surface area contributed by atoms with Crippen LogP contribution in [0.5, 0.6) is 0 Å². The Morgan fingerprint density at radius 3 is 3.00 bits per heavy atom. The smallest absolute Gasteiger partial charge is 0.227 e. The van der Waals surface area contributed by atoms with E-state index in [0.717, 1.165) is 5.56 Å². The molecule has 0 bridgehead atoms. The zero-order valence-corrected chi connectivity index (χ0v) is 10.4. The molecule has 2 aromatic rings. The first-order valence-electron chi connectivity index (χ1n) is 5.71. The largest absolute Gasteiger partial charge is 0.446 e. The summed E-state index contributed by atoms with van der Waals surface area (Å²) in [5.41, 5.74) is 1.43. The Labute approximate surface area is 110 Å². The van der Waals surface area contributed by atoms with Gasteiger partial charge in [0.05, 0.1) is 6.26 Å². The van der Waals surface area contributed by atoms with Crippen LogP contribution in [0.25, 0.3) is 11.5 Å². The van der Waals surface area contributed by atoms with E-state index in [9.17, 15) is 4.79 Å². The topological polar surface area (TPSA) is 68.0 Å². The van der Waals surface area contributed by atoms with E-state index in [1.54, 1.807) is 37.4 Å². The van der Waals surface area contributed by atoms with Gasteiger partial charge in [0.1, 0.15) is 5.82 Å². The van der Waals surface area contributed by atoms with Crippen molar-refractivity contribution in [2.75, 3.05) is 5.32 Å². The molecule has 0 atom stereocenters. The number of benzene rings is 1. The molecule has 1 aromatic heterocycles. The highest BCUT2D eigenvalue weighted by atomic mass is 16.3. The molecule has 5 nitrogen and oxygen atoms in total. The van der Waals surface area contributed by atoms with E-state index in [4.69, 9.17) is 4.42 Å². The van der Waals surface area contributed by atoms with Crippen LogP contribution in [0.3, 0.4) is 0 Å². The van der Waals surface area contributed by atoms with Gasteiger partial charge in [-0.2, -0.15) is 4.98 Å². The third-order valence-corrected chi connectivity index (χ3v) is 2.32. The van der Waals surface area contributed by atoms with Crippen LogP contribution in [0.4, 0.5) is 5.69 Å². The van der Waals surface area contributed by atoms with Crippen LogP contribution in [0.1, 0.15) is 5.82 Å². The van der Waals surface area contributed by atoms with Crippen molar-refractivity contribution in [1.29, 1.82) is 0 Å². The van der Waals surface area contributed by atoms with Crippen molar-refractivity contribution in [2.45, 2.75) is 6.92 Å². The molecule has 0 spiro atoms. The number of nitrogens with zero attached hydrogens (tertiary/aromatic N) is 2. The molecule has 0 aliphatic rings. The molecule has 0 saturated carbocycles. The van der Waals surface area contributed by atoms with Crippen molar-refractivity contribution >= 4 is 12.1 Å². The number of rotatable bonds is 3. The SMILES string of the molecule is Cc1nccccoc(-c2cccc(NC=O)c2)n1. The van der Waals surface area contributed by atoms with Gasteiger partial charge in [0, 0.05) is 17.4 Å². The van der Waals surface area contributed by atoms with Crippen molar-refractivity contribution in [1.82, 2.24) is 9.97 Å². The van der Waals surface area contributed by atoms with Crippen molar-refractivity contribution in [3.05, 3.63) is 54.7 Å². The molecule has 0 saturated heterocycles. The minimum Gasteiger partial charge on any atom is -0.446 e. The summed E-state index contributed by atoms with van der Waals surface area (Å²) < 4.78 is 5.47. The van der Waals surface area contributed by atoms with Crippen molar-refractivity contribution < 1.29 is 9.21 Å². The summed E-state index contributed by atoms with van der Waals surface area (Å²) in [6.45, 7) is 1.78. The van der Waals surface area contributed by atoms with Crippen LogP contribution in [0.15, 0.2) is 53.3 Å². The first-order valence-corrected chi connectivity index (χ1v) is 5.71. The van der Waals surface area contributed by atoms with Gasteiger partial charge >= 0.3 is 0 Å². The van der Waals surface area contributed by atoms with Gasteiger partial charge in [0.25, 0.3) is 0 Å². The number of nitrogens with one attached hydrogen (secondary N) is 1. The average Bonchev–Trinajstić information content (AvgIpc) is 2.51. The standard InChI is InChI=1S/C14H13N3O2/c1-11-15-7-2-3-8-19-14(17-11)12-5-4-6-13(9-12)16-10-18/h2-10H,1H3,(H,16,18). The number of anilines is 1. The van der Waals surface area contributed by atoms with Gasteiger partial charge in [-0.05, 0) is 37.3 Å². The van der Waals surface area contributed by atoms with Crippen LogP contribution in [-0.4, -0.2) is 16.4 Å². The highest BCUT2D eigenvalue weighted by molar-refractivity contribution is 5.74. The molecule has 1 N–H and O–H groups in total. The van der Waals surface area contributed by atoms with Gasteiger partial charge < -0.3 is 9.73 Å². The molecule has 2 rings (SSSR count). The molecule has 96 valence electrons. The van der Waals surface area contributed by atoms with Gasteiger partial charge in [-0.1, -0.05) is 6.07 Å². The second kappa shape index (κ2) is 6.30. The molecule has 1 amide bonds. The molecule has 1 heterocycles. The molecule has 0 fully saturated rings. The van der Waals surface area contributed by atoms with E-state index in [2.05, 4.69) is 15.3 Å². The quantitative estimate of drug-likeness (QED) is 0.856. The first kappa shape index (κ1) is 12.8. The molecule has 0 aliphatic carbocycles. The molecule has 1 aromatic carbocycles. The zero-order valence-electron chi connectivity index (χ0n) is 10.4. The third kappa shape index (κ3) is 3.64. The summed E-state index contributed by atoms with van der Waals surface area (Å²) in [4.78, 5) is 18.9. The molecular weight excluding hydrogens is 242 g/mol. The number of carbonyl (C=O) groups excluding carboxylic acids is 1. The molecule has 0 aliphatic heterocycles. The fraction of sp³-hybridized carbons (Fsp3) is 0.0714. The van der Waals surface area contributed by atoms with E-state index in [0.29, 0.717) is 23.8 Å². The lowest BCUT2D eigenvalue weighted by Gasteiger charge is -2.01. The van der Waals surface area contributed by atoms with Crippen LogP contribution in [-0.2, 0) is 4.79 Å². The highest BCUT2D eigenvalue weighted by Gasteiger charge is 2.02. The number of amides is 1. The second-order valence-corrected chi connectivity index (χ2v) is 3.72. The fourth-order valence-corrected chi connectivity index (χ4v) is 1.49. The first-order chi connectivity index (χ1) is 9.29. The summed E-state index contributed by atoms with van der Waals surface area (Å²) in [7, 11) is 0. The predicted octanol–water partition coefficient (Wildman–Crippen LogP) is 2.74. The van der Waals surface area contributed by atoms with Crippen molar-refractivity contribution in [3.8, 4) is 11.5 Å². The van der Waals surface area contributed by atoms with Crippen LogP contribution in [0.2, 0.25) is 0 Å². The number of aromatic nitrogens is 2. The summed E-state index contributed by atoms with van der Waals surface area (Å²) >= 11 is 0. The van der Waals surface area contributed by atoms with E-state index in [1.807, 2.05) is 12.1 Å². The lowest BCUT2D eigenvalue weighted by molar-refractivity contribution is -0.105. The second-order valence-electron chi connectivity index (χ2n) is 3.72. The van der Waals surface area contributed by atoms with E-state index >= 15 is 0 Å². The average molecular weight is 255 g/mol. The predicted molar refractivity (Wildman–Crippen MR) is 71.8 cm³/mol. The van der Waals surface area contributed by atoms with Gasteiger partial charge in [-0.3, -0.25) is 4.79 Å². The van der Waals surface area contributed by atoms with Crippen LogP contribution >= 0.6 is 0 Å². The Morgan fingerprint density at radius 1 is 1.26 bits per heavy atom. The molecule has 0 unspecified atom stereocenters. The summed E-state index contributed by atoms with van der Waals surface area (Å²) in [5.74, 6) is 1.01. The molecule has 19 heavy (non-hydrogen) atoms. The highest BCUT2D eigenvalue weighted by Crippen LogP contribution is 2.19. The Kier molecular flexibility index (Phi) is 4.23. The monoisotopic (exact) mass is 255 g/mol. The Morgan fingerprint density at radius 2 is 2.16 bits per heavy atom. The molecular formula is C14H13N3O2. The number of carbonyl (C=O) groups is 1. The van der Waals surface area contributed by atoms with Gasteiger partial charge in [0.2, 0.25) is 12.3 Å². The van der Waals surface area contributed by atoms with E-state index < -0.39 is 0 Å². The van der Waals surface area contributed by atoms with Crippen LogP contribution in [0, 0.1) is 6.92 Å². The van der Waals surface area contributed by atoms with Crippen molar-refractivity contribution in [2.24, 2.45) is 0 Å². The zero-order chi connectivity index (χ0) is 13.5. The number of hydrogen-bond donors (Lipinski definition) is 1. The van der Waals surface area contributed by atoms with Gasteiger partial charge in [-0.25, -0.2) is 4.98 Å². The fourth-order valence-electron chi connectivity index (χ4n) is 1.49. The van der Waals surface area contributed by atoms with Crippen molar-refractivity contribution in [3.63, 3.8) is 0 Å². The summed E-state index contributed by atoms with van der Waals surface area (Å²) in [6, 6.07) is 10.7. The minimum absolute atomic E-state index is 0.427. The lowest BCUT2D eigenvalue weighted by atomic mass is 10.2. The Bertz CT molecular complexity index is 621.